The molecule has 0 aromatic heterocycles. The molecular formula is C15H14FNO. The Morgan fingerprint density at radius 3 is 2.28 bits per heavy atom. The number of ketones is 1. The molecule has 0 fully saturated rings. The number of hydrogen-bond acceptors (Lipinski definition) is 2. The highest BCUT2D eigenvalue weighted by molar-refractivity contribution is 5.98. The molecule has 0 aliphatic heterocycles. The molecule has 0 atom stereocenters. The van der Waals surface area contributed by atoms with Crippen molar-refractivity contribution in [2.24, 2.45) is 0 Å². The summed E-state index contributed by atoms with van der Waals surface area (Å²) < 4.78 is 12.7. The van der Waals surface area contributed by atoms with E-state index >= 15 is 0 Å². The van der Waals surface area contributed by atoms with E-state index in [0.29, 0.717) is 5.56 Å². The highest BCUT2D eigenvalue weighted by Gasteiger charge is 2.04. The lowest BCUT2D eigenvalue weighted by atomic mass is 10.1. The van der Waals surface area contributed by atoms with Gasteiger partial charge in [0.15, 0.2) is 5.78 Å². The normalized spacial score (nSPS) is 10.1. The number of benzene rings is 2. The largest absolute Gasteiger partial charge is 0.378 e. The van der Waals surface area contributed by atoms with Gasteiger partial charge >= 0.3 is 0 Å². The van der Waals surface area contributed by atoms with E-state index in [2.05, 4.69) is 5.32 Å². The molecule has 2 aromatic carbocycles. The molecule has 2 rings (SSSR count). The van der Waals surface area contributed by atoms with E-state index in [1.54, 1.807) is 12.1 Å². The topological polar surface area (TPSA) is 29.1 Å². The number of nitrogens with one attached hydrogen (secondary N) is 1. The van der Waals surface area contributed by atoms with Crippen LogP contribution in [-0.2, 0) is 0 Å². The molecule has 0 unspecified atom stereocenters. The Morgan fingerprint density at radius 1 is 1.06 bits per heavy atom. The van der Waals surface area contributed by atoms with Crippen LogP contribution in [0.4, 0.5) is 10.1 Å². The maximum absolute atomic E-state index is 12.7. The summed E-state index contributed by atoms with van der Waals surface area (Å²) >= 11 is 0. The third kappa shape index (κ3) is 3.17. The zero-order chi connectivity index (χ0) is 13.0. The van der Waals surface area contributed by atoms with Gasteiger partial charge < -0.3 is 5.32 Å². The predicted molar refractivity (Wildman–Crippen MR) is 70.4 cm³/mol. The van der Waals surface area contributed by atoms with E-state index in [1.165, 1.54) is 12.1 Å². The van der Waals surface area contributed by atoms with Gasteiger partial charge in [0.1, 0.15) is 5.82 Å². The standard InChI is InChI=1S/C15H14FNO/c1-11-2-4-12(5-3-11)15(18)10-17-14-8-6-13(16)7-9-14/h2-9,17H,10H2,1H3. The minimum atomic E-state index is -0.287. The number of hydrogen-bond donors (Lipinski definition) is 1. The Hall–Kier alpha value is -2.16. The molecule has 0 bridgehead atoms. The third-order valence-corrected chi connectivity index (χ3v) is 2.67. The highest BCUT2D eigenvalue weighted by atomic mass is 19.1. The fraction of sp³-hybridized carbons (Fsp3) is 0.133. The first kappa shape index (κ1) is 12.3. The lowest BCUT2D eigenvalue weighted by molar-refractivity contribution is 0.101. The average Bonchev–Trinajstić information content (AvgIpc) is 2.38. The summed E-state index contributed by atoms with van der Waals surface area (Å²) in [4.78, 5) is 11.9. The van der Waals surface area contributed by atoms with Crippen molar-refractivity contribution in [1.29, 1.82) is 0 Å². The zero-order valence-corrected chi connectivity index (χ0v) is 10.1. The fourth-order valence-corrected chi connectivity index (χ4v) is 1.59. The fourth-order valence-electron chi connectivity index (χ4n) is 1.59. The second-order valence-electron chi connectivity index (χ2n) is 4.15. The van der Waals surface area contributed by atoms with Crippen LogP contribution in [0.5, 0.6) is 0 Å². The third-order valence-electron chi connectivity index (χ3n) is 2.67. The molecule has 0 saturated heterocycles. The van der Waals surface area contributed by atoms with Gasteiger partial charge in [-0.2, -0.15) is 0 Å². The minimum absolute atomic E-state index is 0.0133. The van der Waals surface area contributed by atoms with E-state index in [-0.39, 0.29) is 18.1 Å². The van der Waals surface area contributed by atoms with Crippen LogP contribution >= 0.6 is 0 Å². The van der Waals surface area contributed by atoms with Gasteiger partial charge in [0.05, 0.1) is 6.54 Å². The summed E-state index contributed by atoms with van der Waals surface area (Å²) in [5.74, 6) is -0.273. The Kier molecular flexibility index (Phi) is 3.72. The monoisotopic (exact) mass is 243 g/mol. The van der Waals surface area contributed by atoms with Gasteiger partial charge in [-0.15, -0.1) is 0 Å². The Bertz CT molecular complexity index is 531. The van der Waals surface area contributed by atoms with Crippen molar-refractivity contribution in [3.8, 4) is 0 Å². The van der Waals surface area contributed by atoms with Crippen molar-refractivity contribution in [3.63, 3.8) is 0 Å². The van der Waals surface area contributed by atoms with Gasteiger partial charge in [-0.1, -0.05) is 29.8 Å². The van der Waals surface area contributed by atoms with Crippen molar-refractivity contribution in [1.82, 2.24) is 0 Å². The van der Waals surface area contributed by atoms with E-state index in [0.717, 1.165) is 11.3 Å². The van der Waals surface area contributed by atoms with Crippen molar-refractivity contribution < 1.29 is 9.18 Å². The number of carbonyl (C=O) groups excluding carboxylic acids is 1. The number of anilines is 1. The summed E-state index contributed by atoms with van der Waals surface area (Å²) in [6.07, 6.45) is 0. The number of halogens is 1. The van der Waals surface area contributed by atoms with Crippen LogP contribution in [0.1, 0.15) is 15.9 Å². The van der Waals surface area contributed by atoms with E-state index in [1.807, 2.05) is 31.2 Å². The smallest absolute Gasteiger partial charge is 0.181 e. The van der Waals surface area contributed by atoms with Gasteiger partial charge in [-0.25, -0.2) is 4.39 Å². The van der Waals surface area contributed by atoms with Crippen molar-refractivity contribution in [2.45, 2.75) is 6.92 Å². The number of carbonyl (C=O) groups is 1. The van der Waals surface area contributed by atoms with Gasteiger partial charge in [0.2, 0.25) is 0 Å². The van der Waals surface area contributed by atoms with E-state index in [4.69, 9.17) is 0 Å². The van der Waals surface area contributed by atoms with Crippen LogP contribution in [0.2, 0.25) is 0 Å². The van der Waals surface area contributed by atoms with Crippen molar-refractivity contribution in [3.05, 3.63) is 65.5 Å². The molecule has 1 N–H and O–H groups in total. The zero-order valence-electron chi connectivity index (χ0n) is 10.1. The molecule has 0 heterocycles. The lowest BCUT2D eigenvalue weighted by Gasteiger charge is -2.05. The molecule has 0 amide bonds. The molecule has 18 heavy (non-hydrogen) atoms. The van der Waals surface area contributed by atoms with Gasteiger partial charge in [-0.3, -0.25) is 4.79 Å². The lowest BCUT2D eigenvalue weighted by Crippen LogP contribution is -2.13. The molecular weight excluding hydrogens is 229 g/mol. The van der Waals surface area contributed by atoms with Crippen molar-refractivity contribution >= 4 is 11.5 Å². The molecule has 0 aliphatic rings. The van der Waals surface area contributed by atoms with Gasteiger partial charge in [0, 0.05) is 11.3 Å². The van der Waals surface area contributed by atoms with Crippen molar-refractivity contribution in [2.75, 3.05) is 11.9 Å². The van der Waals surface area contributed by atoms with Crippen LogP contribution in [0.25, 0.3) is 0 Å². The molecule has 2 aromatic rings. The SMILES string of the molecule is Cc1ccc(C(=O)CNc2ccc(F)cc2)cc1. The first-order valence-corrected chi connectivity index (χ1v) is 5.74. The van der Waals surface area contributed by atoms with E-state index < -0.39 is 0 Å². The second kappa shape index (κ2) is 5.45. The van der Waals surface area contributed by atoms with Crippen LogP contribution < -0.4 is 5.32 Å². The first-order chi connectivity index (χ1) is 8.65. The number of aryl methyl sites for hydroxylation is 1. The maximum atomic E-state index is 12.7. The minimum Gasteiger partial charge on any atom is -0.378 e. The van der Waals surface area contributed by atoms with Crippen LogP contribution in [0.3, 0.4) is 0 Å². The van der Waals surface area contributed by atoms with Gasteiger partial charge in [0.25, 0.3) is 0 Å². The maximum Gasteiger partial charge on any atom is 0.181 e. The Morgan fingerprint density at radius 2 is 1.67 bits per heavy atom. The molecule has 2 nitrogen and oxygen atoms in total. The summed E-state index contributed by atoms with van der Waals surface area (Å²) in [5.41, 5.74) is 2.53. The molecule has 0 radical (unpaired) electrons. The molecule has 0 spiro atoms. The van der Waals surface area contributed by atoms with E-state index in [9.17, 15) is 9.18 Å². The summed E-state index contributed by atoms with van der Waals surface area (Å²) in [6, 6.07) is 13.4. The summed E-state index contributed by atoms with van der Waals surface area (Å²) in [6.45, 7) is 2.18. The molecule has 0 aliphatic carbocycles. The second-order valence-corrected chi connectivity index (χ2v) is 4.15. The number of rotatable bonds is 4. The Labute approximate surface area is 105 Å². The Balaban J connectivity index is 1.96. The van der Waals surface area contributed by atoms with Gasteiger partial charge in [-0.05, 0) is 31.2 Å². The average molecular weight is 243 g/mol. The summed E-state index contributed by atoms with van der Waals surface area (Å²) in [7, 11) is 0. The van der Waals surface area contributed by atoms with Crippen LogP contribution in [-0.4, -0.2) is 12.3 Å². The first-order valence-electron chi connectivity index (χ1n) is 5.74. The molecule has 92 valence electrons. The quantitative estimate of drug-likeness (QED) is 0.833. The predicted octanol–water partition coefficient (Wildman–Crippen LogP) is 3.43. The molecule has 3 heteroatoms. The summed E-state index contributed by atoms with van der Waals surface area (Å²) in [5, 5.41) is 2.97. The van der Waals surface area contributed by atoms with Crippen LogP contribution in [0.15, 0.2) is 48.5 Å². The highest BCUT2D eigenvalue weighted by Crippen LogP contribution is 2.09. The molecule has 0 saturated carbocycles. The number of Topliss-reactive ketones (excluding diaryl/α,β-unsaturated/α-hetero) is 1. The van der Waals surface area contributed by atoms with Crippen LogP contribution in [0, 0.1) is 12.7 Å².